The summed E-state index contributed by atoms with van der Waals surface area (Å²) in [4.78, 5) is 47.9. The summed E-state index contributed by atoms with van der Waals surface area (Å²) < 4.78 is 0. The van der Waals surface area contributed by atoms with Crippen LogP contribution in [0.25, 0.3) is 0 Å². The Labute approximate surface area is 158 Å². The lowest BCUT2D eigenvalue weighted by Crippen LogP contribution is -2.34. The van der Waals surface area contributed by atoms with Crippen LogP contribution in [-0.2, 0) is 9.59 Å². The van der Waals surface area contributed by atoms with Crippen LogP contribution in [0.4, 0.5) is 17.1 Å². The molecule has 0 aromatic heterocycles. The Morgan fingerprint density at radius 1 is 1.26 bits per heavy atom. The topological polar surface area (TPSA) is 110 Å². The van der Waals surface area contributed by atoms with E-state index in [1.54, 1.807) is 18.2 Å². The van der Waals surface area contributed by atoms with Gasteiger partial charge in [-0.3, -0.25) is 24.5 Å². The minimum absolute atomic E-state index is 0.0259. The first-order valence-electron chi connectivity index (χ1n) is 7.96. The van der Waals surface area contributed by atoms with Gasteiger partial charge in [-0.1, -0.05) is 23.7 Å². The van der Waals surface area contributed by atoms with Crippen molar-refractivity contribution in [2.24, 2.45) is 0 Å². The van der Waals surface area contributed by atoms with E-state index in [-0.39, 0.29) is 22.9 Å². The zero-order valence-corrected chi connectivity index (χ0v) is 14.9. The van der Waals surface area contributed by atoms with Crippen LogP contribution >= 0.6 is 11.6 Å². The molecule has 138 valence electrons. The fraction of sp³-hybridized carbons (Fsp3) is 0.167. The molecule has 8 nitrogen and oxygen atoms in total. The summed E-state index contributed by atoms with van der Waals surface area (Å²) in [6, 6.07) is 9.41. The predicted octanol–water partition coefficient (Wildman–Crippen LogP) is 3.19. The number of ketones is 1. The van der Waals surface area contributed by atoms with Crippen molar-refractivity contribution in [3.05, 3.63) is 63.2 Å². The summed E-state index contributed by atoms with van der Waals surface area (Å²) in [5, 5.41) is 13.8. The Kier molecular flexibility index (Phi) is 4.91. The molecule has 2 aromatic carbocycles. The number of hydrogen-bond acceptors (Lipinski definition) is 6. The molecule has 1 saturated heterocycles. The molecule has 1 atom stereocenters. The van der Waals surface area contributed by atoms with Crippen molar-refractivity contribution < 1.29 is 19.3 Å². The normalized spacial score (nSPS) is 16.5. The standard InChI is InChI=1S/C18H14ClN3O5/c1-10(23)11-3-2-4-13(7-11)21-17(24)9-15(18(21)25)20-12-5-6-14(19)16(8-12)22(26)27/h2-8,15,20H,9H2,1H3/t15-/m1/s1. The maximum Gasteiger partial charge on any atom is 0.289 e. The van der Waals surface area contributed by atoms with Gasteiger partial charge in [0, 0.05) is 17.3 Å². The number of rotatable bonds is 5. The lowest BCUT2D eigenvalue weighted by Gasteiger charge is -2.16. The number of hydrogen-bond donors (Lipinski definition) is 1. The van der Waals surface area contributed by atoms with Crippen LogP contribution in [0.2, 0.25) is 5.02 Å². The van der Waals surface area contributed by atoms with E-state index in [0.717, 1.165) is 4.90 Å². The highest BCUT2D eigenvalue weighted by molar-refractivity contribution is 6.32. The number of anilines is 2. The number of halogens is 1. The third-order valence-corrected chi connectivity index (χ3v) is 4.46. The van der Waals surface area contributed by atoms with Gasteiger partial charge in [-0.05, 0) is 31.2 Å². The lowest BCUT2D eigenvalue weighted by atomic mass is 10.1. The number of amides is 2. The summed E-state index contributed by atoms with van der Waals surface area (Å²) in [6.07, 6.45) is -0.112. The van der Waals surface area contributed by atoms with Gasteiger partial charge in [0.2, 0.25) is 5.91 Å². The predicted molar refractivity (Wildman–Crippen MR) is 99.1 cm³/mol. The number of benzene rings is 2. The fourth-order valence-electron chi connectivity index (χ4n) is 2.82. The quantitative estimate of drug-likeness (QED) is 0.365. The minimum atomic E-state index is -0.876. The van der Waals surface area contributed by atoms with Gasteiger partial charge < -0.3 is 5.32 Å². The number of nitrogens with one attached hydrogen (secondary N) is 1. The van der Waals surface area contributed by atoms with E-state index >= 15 is 0 Å². The first-order chi connectivity index (χ1) is 12.8. The second-order valence-electron chi connectivity index (χ2n) is 6.00. The van der Waals surface area contributed by atoms with Crippen LogP contribution in [-0.4, -0.2) is 28.6 Å². The zero-order chi connectivity index (χ0) is 19.7. The van der Waals surface area contributed by atoms with E-state index in [2.05, 4.69) is 5.32 Å². The molecular weight excluding hydrogens is 374 g/mol. The van der Waals surface area contributed by atoms with Crippen LogP contribution in [0.3, 0.4) is 0 Å². The van der Waals surface area contributed by atoms with Gasteiger partial charge in [0.1, 0.15) is 11.1 Å². The average Bonchev–Trinajstić information content (AvgIpc) is 2.90. The molecule has 0 radical (unpaired) electrons. The van der Waals surface area contributed by atoms with Gasteiger partial charge in [0.05, 0.1) is 17.0 Å². The third kappa shape index (κ3) is 3.65. The third-order valence-electron chi connectivity index (χ3n) is 4.14. The molecule has 0 saturated carbocycles. The Morgan fingerprint density at radius 2 is 2.00 bits per heavy atom. The Balaban J connectivity index is 1.84. The molecule has 1 fully saturated rings. The Bertz CT molecular complexity index is 975. The van der Waals surface area contributed by atoms with Crippen molar-refractivity contribution in [2.75, 3.05) is 10.2 Å². The van der Waals surface area contributed by atoms with E-state index in [1.165, 1.54) is 31.2 Å². The molecule has 2 aromatic rings. The van der Waals surface area contributed by atoms with Crippen LogP contribution in [0.5, 0.6) is 0 Å². The summed E-state index contributed by atoms with van der Waals surface area (Å²) in [5.41, 5.74) is 0.697. The van der Waals surface area contributed by atoms with Crippen molar-refractivity contribution >= 4 is 46.3 Å². The maximum absolute atomic E-state index is 12.7. The highest BCUT2D eigenvalue weighted by Crippen LogP contribution is 2.30. The summed E-state index contributed by atoms with van der Waals surface area (Å²) in [6.45, 7) is 1.39. The number of carbonyl (C=O) groups is 3. The number of carbonyl (C=O) groups excluding carboxylic acids is 3. The molecule has 0 spiro atoms. The number of nitrogens with zero attached hydrogens (tertiary/aromatic N) is 2. The number of nitro groups is 1. The van der Waals surface area contributed by atoms with Gasteiger partial charge in [-0.15, -0.1) is 0 Å². The molecule has 1 N–H and O–H groups in total. The van der Waals surface area contributed by atoms with Gasteiger partial charge >= 0.3 is 0 Å². The first kappa shape index (κ1) is 18.5. The molecule has 1 aliphatic heterocycles. The summed E-state index contributed by atoms with van der Waals surface area (Å²) in [5.74, 6) is -1.11. The molecule has 3 rings (SSSR count). The maximum atomic E-state index is 12.7. The van der Waals surface area contributed by atoms with E-state index in [1.807, 2.05) is 0 Å². The van der Waals surface area contributed by atoms with E-state index in [9.17, 15) is 24.5 Å². The van der Waals surface area contributed by atoms with Crippen molar-refractivity contribution in [1.82, 2.24) is 0 Å². The van der Waals surface area contributed by atoms with Gasteiger partial charge in [0.15, 0.2) is 5.78 Å². The van der Waals surface area contributed by atoms with Crippen LogP contribution < -0.4 is 10.2 Å². The Morgan fingerprint density at radius 3 is 2.67 bits per heavy atom. The van der Waals surface area contributed by atoms with Crippen molar-refractivity contribution in [3.8, 4) is 0 Å². The van der Waals surface area contributed by atoms with Crippen molar-refractivity contribution in [1.29, 1.82) is 0 Å². The average molecular weight is 388 g/mol. The zero-order valence-electron chi connectivity index (χ0n) is 14.1. The van der Waals surface area contributed by atoms with E-state index < -0.39 is 22.8 Å². The second kappa shape index (κ2) is 7.16. The highest BCUT2D eigenvalue weighted by atomic mass is 35.5. The van der Waals surface area contributed by atoms with Gasteiger partial charge in [0.25, 0.3) is 11.6 Å². The SMILES string of the molecule is CC(=O)c1cccc(N2C(=O)C[C@@H](Nc3ccc(Cl)c([N+](=O)[O-])c3)C2=O)c1. The molecule has 0 bridgehead atoms. The first-order valence-corrected chi connectivity index (χ1v) is 8.34. The highest BCUT2D eigenvalue weighted by Gasteiger charge is 2.39. The van der Waals surface area contributed by atoms with Crippen molar-refractivity contribution in [2.45, 2.75) is 19.4 Å². The van der Waals surface area contributed by atoms with Crippen LogP contribution in [0.15, 0.2) is 42.5 Å². The number of Topliss-reactive ketones (excluding diaryl/α,β-unsaturated/α-hetero) is 1. The summed E-state index contributed by atoms with van der Waals surface area (Å²) in [7, 11) is 0. The molecule has 0 unspecified atom stereocenters. The largest absolute Gasteiger partial charge is 0.373 e. The van der Waals surface area contributed by atoms with Crippen LogP contribution in [0.1, 0.15) is 23.7 Å². The molecule has 0 aliphatic carbocycles. The van der Waals surface area contributed by atoms with Gasteiger partial charge in [-0.2, -0.15) is 0 Å². The Hall–Kier alpha value is -3.26. The molecule has 27 heavy (non-hydrogen) atoms. The number of imide groups is 1. The smallest absolute Gasteiger partial charge is 0.289 e. The van der Waals surface area contributed by atoms with Crippen LogP contribution in [0, 0.1) is 10.1 Å². The van der Waals surface area contributed by atoms with Gasteiger partial charge in [-0.25, -0.2) is 4.90 Å². The monoisotopic (exact) mass is 387 g/mol. The lowest BCUT2D eigenvalue weighted by molar-refractivity contribution is -0.384. The van der Waals surface area contributed by atoms with E-state index in [0.29, 0.717) is 16.9 Å². The molecular formula is C18H14ClN3O5. The van der Waals surface area contributed by atoms with E-state index in [4.69, 9.17) is 11.6 Å². The summed E-state index contributed by atoms with van der Waals surface area (Å²) >= 11 is 5.78. The molecule has 1 aliphatic rings. The molecule has 1 heterocycles. The molecule has 2 amide bonds. The molecule has 9 heteroatoms. The minimum Gasteiger partial charge on any atom is -0.373 e. The number of nitro benzene ring substituents is 1. The fourth-order valence-corrected chi connectivity index (χ4v) is 3.01. The second-order valence-corrected chi connectivity index (χ2v) is 6.41. The van der Waals surface area contributed by atoms with Crippen molar-refractivity contribution in [3.63, 3.8) is 0 Å².